The SMILES string of the molecule is Cc1cn2nc(Cl)nc(NCc3ccc(-c4nc(C(F)(F)F)cn4C(C)C)cc3)c2n1. The molecule has 4 aromatic rings. The van der Waals surface area contributed by atoms with Gasteiger partial charge in [-0.3, -0.25) is 0 Å². The van der Waals surface area contributed by atoms with Crippen molar-refractivity contribution in [2.24, 2.45) is 0 Å². The second-order valence-electron chi connectivity index (χ2n) is 7.38. The molecule has 0 aliphatic heterocycles. The highest BCUT2D eigenvalue weighted by Crippen LogP contribution is 2.32. The van der Waals surface area contributed by atoms with Gasteiger partial charge in [0.25, 0.3) is 0 Å². The monoisotopic (exact) mass is 449 g/mol. The third-order valence-electron chi connectivity index (χ3n) is 4.67. The van der Waals surface area contributed by atoms with Crippen LogP contribution in [0.5, 0.6) is 0 Å². The zero-order chi connectivity index (χ0) is 22.3. The summed E-state index contributed by atoms with van der Waals surface area (Å²) in [5.74, 6) is 0.765. The fraction of sp³-hybridized carbons (Fsp3) is 0.300. The molecule has 1 N–H and O–H groups in total. The molecule has 0 fully saturated rings. The lowest BCUT2D eigenvalue weighted by Gasteiger charge is -2.12. The Labute approximate surface area is 180 Å². The highest BCUT2D eigenvalue weighted by molar-refractivity contribution is 6.28. The number of nitrogens with zero attached hydrogens (tertiary/aromatic N) is 6. The van der Waals surface area contributed by atoms with E-state index in [9.17, 15) is 13.2 Å². The molecule has 0 radical (unpaired) electrons. The van der Waals surface area contributed by atoms with Crippen molar-refractivity contribution in [2.75, 3.05) is 5.32 Å². The summed E-state index contributed by atoms with van der Waals surface area (Å²) < 4.78 is 42.4. The summed E-state index contributed by atoms with van der Waals surface area (Å²) in [6.45, 7) is 5.89. The van der Waals surface area contributed by atoms with Crippen LogP contribution in [0.15, 0.2) is 36.7 Å². The first-order valence-electron chi connectivity index (χ1n) is 9.50. The Balaban J connectivity index is 1.57. The predicted octanol–water partition coefficient (Wildman–Crippen LogP) is 5.16. The molecule has 3 heterocycles. The van der Waals surface area contributed by atoms with Crippen LogP contribution in [0.2, 0.25) is 5.28 Å². The fourth-order valence-electron chi connectivity index (χ4n) is 3.19. The first-order chi connectivity index (χ1) is 14.6. The number of hydrogen-bond donors (Lipinski definition) is 1. The Morgan fingerprint density at radius 3 is 2.42 bits per heavy atom. The molecule has 0 aliphatic carbocycles. The van der Waals surface area contributed by atoms with E-state index in [-0.39, 0.29) is 17.1 Å². The Morgan fingerprint density at radius 1 is 1.06 bits per heavy atom. The molecular formula is C20H19ClF3N7. The van der Waals surface area contributed by atoms with Crippen LogP contribution < -0.4 is 5.32 Å². The van der Waals surface area contributed by atoms with E-state index < -0.39 is 11.9 Å². The Kier molecular flexibility index (Phi) is 5.34. The summed E-state index contributed by atoms with van der Waals surface area (Å²) in [5.41, 5.74) is 1.93. The summed E-state index contributed by atoms with van der Waals surface area (Å²) in [4.78, 5) is 12.4. The molecule has 0 unspecified atom stereocenters. The third kappa shape index (κ3) is 4.34. The molecule has 0 saturated carbocycles. The van der Waals surface area contributed by atoms with E-state index in [4.69, 9.17) is 11.6 Å². The van der Waals surface area contributed by atoms with Crippen LogP contribution >= 0.6 is 11.6 Å². The standard InChI is InChI=1S/C20H19ClF3N7/c1-11(2)30-10-15(20(22,23)24)27-17(30)14-6-4-13(5-7-14)8-25-16-18-26-12(3)9-31(18)29-19(21)28-16/h4-7,9-11H,8H2,1-3H3,(H,25,28,29). The zero-order valence-corrected chi connectivity index (χ0v) is 17.7. The van der Waals surface area contributed by atoms with Gasteiger partial charge in [0.1, 0.15) is 5.82 Å². The summed E-state index contributed by atoms with van der Waals surface area (Å²) in [6, 6.07) is 6.99. The predicted molar refractivity (Wildman–Crippen MR) is 111 cm³/mol. The molecule has 0 aliphatic rings. The summed E-state index contributed by atoms with van der Waals surface area (Å²) in [7, 11) is 0. The largest absolute Gasteiger partial charge is 0.434 e. The van der Waals surface area contributed by atoms with E-state index in [1.54, 1.807) is 22.8 Å². The van der Waals surface area contributed by atoms with E-state index in [2.05, 4.69) is 25.4 Å². The smallest absolute Gasteiger partial charge is 0.363 e. The molecule has 0 spiro atoms. The van der Waals surface area contributed by atoms with Crippen LogP contribution in [0.1, 0.15) is 36.8 Å². The van der Waals surface area contributed by atoms with Crippen molar-refractivity contribution in [3.63, 3.8) is 0 Å². The maximum Gasteiger partial charge on any atom is 0.434 e. The number of rotatable bonds is 5. The second kappa shape index (κ2) is 7.84. The minimum absolute atomic E-state index is 0.0868. The maximum atomic E-state index is 13.1. The summed E-state index contributed by atoms with van der Waals surface area (Å²) in [6.07, 6.45) is -1.70. The number of aromatic nitrogens is 6. The molecular weight excluding hydrogens is 431 g/mol. The Bertz CT molecular complexity index is 1230. The number of nitrogens with one attached hydrogen (secondary N) is 1. The first kappa shape index (κ1) is 21.1. The van der Waals surface area contributed by atoms with E-state index in [1.165, 1.54) is 4.57 Å². The second-order valence-corrected chi connectivity index (χ2v) is 7.72. The summed E-state index contributed by atoms with van der Waals surface area (Å²) in [5, 5.41) is 7.35. The molecule has 31 heavy (non-hydrogen) atoms. The van der Waals surface area contributed by atoms with E-state index in [0.29, 0.717) is 23.6 Å². The number of fused-ring (bicyclic) bond motifs is 1. The van der Waals surface area contributed by atoms with Crippen LogP contribution in [0, 0.1) is 6.92 Å². The fourth-order valence-corrected chi connectivity index (χ4v) is 3.36. The number of alkyl halides is 3. The van der Waals surface area contributed by atoms with Crippen molar-refractivity contribution in [2.45, 2.75) is 39.5 Å². The van der Waals surface area contributed by atoms with Crippen molar-refractivity contribution in [1.29, 1.82) is 0 Å². The zero-order valence-electron chi connectivity index (χ0n) is 16.9. The van der Waals surface area contributed by atoms with Gasteiger partial charge in [-0.05, 0) is 37.9 Å². The molecule has 4 rings (SSSR count). The van der Waals surface area contributed by atoms with Gasteiger partial charge in [-0.25, -0.2) is 14.5 Å². The van der Waals surface area contributed by atoms with Crippen LogP contribution in [-0.4, -0.2) is 29.1 Å². The number of aryl methyl sites for hydroxylation is 1. The average Bonchev–Trinajstić information content (AvgIpc) is 3.30. The van der Waals surface area contributed by atoms with Gasteiger partial charge in [0, 0.05) is 24.3 Å². The Hall–Kier alpha value is -3.14. The van der Waals surface area contributed by atoms with Crippen molar-refractivity contribution in [1.82, 2.24) is 29.1 Å². The van der Waals surface area contributed by atoms with E-state index >= 15 is 0 Å². The topological polar surface area (TPSA) is 72.9 Å². The molecule has 3 aromatic heterocycles. The van der Waals surface area contributed by atoms with Gasteiger partial charge in [0.05, 0.1) is 11.9 Å². The van der Waals surface area contributed by atoms with Gasteiger partial charge < -0.3 is 9.88 Å². The van der Waals surface area contributed by atoms with Gasteiger partial charge >= 0.3 is 6.18 Å². The molecule has 0 atom stereocenters. The number of benzene rings is 1. The first-order valence-corrected chi connectivity index (χ1v) is 9.88. The normalized spacial score (nSPS) is 12.1. The van der Waals surface area contributed by atoms with Crippen molar-refractivity contribution < 1.29 is 13.2 Å². The molecule has 1 aromatic carbocycles. The van der Waals surface area contributed by atoms with Crippen molar-refractivity contribution in [3.05, 3.63) is 58.9 Å². The molecule has 0 amide bonds. The number of imidazole rings is 2. The third-order valence-corrected chi connectivity index (χ3v) is 4.83. The van der Waals surface area contributed by atoms with Crippen molar-refractivity contribution in [3.8, 4) is 11.4 Å². The Morgan fingerprint density at radius 2 is 1.77 bits per heavy atom. The lowest BCUT2D eigenvalue weighted by molar-refractivity contribution is -0.140. The average molecular weight is 450 g/mol. The number of anilines is 1. The van der Waals surface area contributed by atoms with Crippen molar-refractivity contribution >= 4 is 23.1 Å². The molecule has 0 bridgehead atoms. The summed E-state index contributed by atoms with van der Waals surface area (Å²) >= 11 is 5.98. The highest BCUT2D eigenvalue weighted by atomic mass is 35.5. The van der Waals surface area contributed by atoms with Gasteiger partial charge in [-0.2, -0.15) is 18.2 Å². The number of hydrogen-bond acceptors (Lipinski definition) is 5. The maximum absolute atomic E-state index is 13.1. The van der Waals surface area contributed by atoms with Crippen LogP contribution in [0.25, 0.3) is 17.0 Å². The minimum Gasteiger partial charge on any atom is -0.363 e. The molecule has 162 valence electrons. The highest BCUT2D eigenvalue weighted by Gasteiger charge is 2.35. The van der Waals surface area contributed by atoms with Crippen LogP contribution in [-0.2, 0) is 12.7 Å². The lowest BCUT2D eigenvalue weighted by Crippen LogP contribution is -2.06. The van der Waals surface area contributed by atoms with E-state index in [0.717, 1.165) is 17.5 Å². The van der Waals surface area contributed by atoms with Gasteiger partial charge in [-0.1, -0.05) is 24.3 Å². The molecule has 7 nitrogen and oxygen atoms in total. The van der Waals surface area contributed by atoms with Gasteiger partial charge in [0.2, 0.25) is 5.28 Å². The quantitative estimate of drug-likeness (QED) is 0.455. The minimum atomic E-state index is -4.49. The van der Waals surface area contributed by atoms with E-state index in [1.807, 2.05) is 32.9 Å². The van der Waals surface area contributed by atoms with Gasteiger partial charge in [0.15, 0.2) is 17.2 Å². The van der Waals surface area contributed by atoms with Gasteiger partial charge in [-0.15, -0.1) is 5.10 Å². The lowest BCUT2D eigenvalue weighted by atomic mass is 10.1. The number of halogens is 4. The van der Waals surface area contributed by atoms with Crippen LogP contribution in [0.4, 0.5) is 19.0 Å². The molecule has 11 heteroatoms. The molecule has 0 saturated heterocycles. The van der Waals surface area contributed by atoms with Crippen LogP contribution in [0.3, 0.4) is 0 Å².